The Morgan fingerprint density at radius 1 is 0.806 bits per heavy atom. The molecule has 0 spiro atoms. The second-order valence-electron chi connectivity index (χ2n) is 8.65. The highest BCUT2D eigenvalue weighted by Gasteiger charge is 2.16. The first-order valence-electron chi connectivity index (χ1n) is 10.4. The first kappa shape index (κ1) is 18.1. The number of aromatic nitrogens is 2. The fourth-order valence-electron chi connectivity index (χ4n) is 4.30. The minimum absolute atomic E-state index is 0.388. The van der Waals surface area contributed by atoms with Crippen LogP contribution in [0.15, 0.2) is 83.5 Å². The van der Waals surface area contributed by atoms with Crippen LogP contribution in [0.4, 0.5) is 0 Å². The van der Waals surface area contributed by atoms with Crippen molar-refractivity contribution in [3.05, 3.63) is 84.7 Å². The molecule has 0 saturated carbocycles. The molecule has 0 atom stereocenters. The number of rotatable bonds is 2. The Morgan fingerprint density at radius 2 is 1.65 bits per heavy atom. The van der Waals surface area contributed by atoms with Crippen LogP contribution in [0, 0.1) is 0 Å². The zero-order valence-corrected chi connectivity index (χ0v) is 17.4. The molecule has 0 unspecified atom stereocenters. The lowest BCUT2D eigenvalue weighted by atomic mass is 9.67. The summed E-state index contributed by atoms with van der Waals surface area (Å²) in [4.78, 5) is 9.35. The van der Waals surface area contributed by atoms with E-state index in [1.54, 1.807) is 0 Å². The Morgan fingerprint density at radius 3 is 2.52 bits per heavy atom. The van der Waals surface area contributed by atoms with Crippen molar-refractivity contribution in [2.75, 3.05) is 0 Å². The predicted octanol–water partition coefficient (Wildman–Crippen LogP) is 6.75. The molecule has 0 saturated heterocycles. The molecule has 3 nitrogen and oxygen atoms in total. The second kappa shape index (κ2) is 6.42. The highest BCUT2D eigenvalue weighted by molar-refractivity contribution is 6.16. The quantitative estimate of drug-likeness (QED) is 0.303. The summed E-state index contributed by atoms with van der Waals surface area (Å²) in [6.45, 7) is 4.03. The van der Waals surface area contributed by atoms with Gasteiger partial charge < -0.3 is 4.42 Å². The molecule has 0 N–H and O–H groups in total. The van der Waals surface area contributed by atoms with Gasteiger partial charge in [-0.1, -0.05) is 67.9 Å². The van der Waals surface area contributed by atoms with Crippen molar-refractivity contribution in [3.8, 4) is 11.3 Å². The summed E-state index contributed by atoms with van der Waals surface area (Å²) in [6, 6.07) is 22.8. The second-order valence-corrected chi connectivity index (χ2v) is 8.65. The molecule has 31 heavy (non-hydrogen) atoms. The highest BCUT2D eigenvalue weighted by Crippen LogP contribution is 2.36. The van der Waals surface area contributed by atoms with Gasteiger partial charge in [0.2, 0.25) is 0 Å². The topological polar surface area (TPSA) is 38.9 Å². The smallest absolute Gasteiger partial charge is 0.161 e. The maximum Gasteiger partial charge on any atom is 0.161 e. The maximum absolute atomic E-state index is 6.30. The highest BCUT2D eigenvalue weighted by atomic mass is 16.3. The number of hydrogen-bond donors (Lipinski definition) is 0. The van der Waals surface area contributed by atoms with Crippen LogP contribution in [0.25, 0.3) is 54.9 Å². The summed E-state index contributed by atoms with van der Waals surface area (Å²) >= 11 is 0. The van der Waals surface area contributed by atoms with Crippen LogP contribution in [0.2, 0.25) is 0 Å². The fourth-order valence-corrected chi connectivity index (χ4v) is 4.30. The van der Waals surface area contributed by atoms with Crippen LogP contribution in [0.3, 0.4) is 0 Å². The molecule has 6 rings (SSSR count). The van der Waals surface area contributed by atoms with E-state index in [0.717, 1.165) is 60.4 Å². The summed E-state index contributed by atoms with van der Waals surface area (Å²) in [5.74, 6) is 0. The van der Waals surface area contributed by atoms with Crippen molar-refractivity contribution in [1.82, 2.24) is 9.97 Å². The standard InChI is InChI=1S/C27H19BN2O/c1-27(2,28)19-8-10-20-16(13-19)11-12-29-24(20)17-7-9-22-23(14-17)31-26-21-6-4-3-5-18(21)15-30-25(22)26/h3-15H,1-2H3. The van der Waals surface area contributed by atoms with Gasteiger partial charge in [-0.25, -0.2) is 0 Å². The van der Waals surface area contributed by atoms with Gasteiger partial charge in [-0.15, -0.1) is 0 Å². The zero-order chi connectivity index (χ0) is 21.2. The third kappa shape index (κ3) is 2.82. The van der Waals surface area contributed by atoms with Crippen molar-refractivity contribution < 1.29 is 4.42 Å². The molecule has 146 valence electrons. The zero-order valence-electron chi connectivity index (χ0n) is 17.4. The molecule has 2 radical (unpaired) electrons. The predicted molar refractivity (Wildman–Crippen MR) is 129 cm³/mol. The molecule has 6 aromatic rings. The van der Waals surface area contributed by atoms with Crippen LogP contribution < -0.4 is 0 Å². The Bertz CT molecular complexity index is 1630. The first-order chi connectivity index (χ1) is 15.0. The molecule has 3 aromatic heterocycles. The van der Waals surface area contributed by atoms with Gasteiger partial charge in [0.05, 0.1) is 13.5 Å². The van der Waals surface area contributed by atoms with Crippen molar-refractivity contribution in [3.63, 3.8) is 0 Å². The SMILES string of the molecule is [B]C(C)(C)c1ccc2c(-c3ccc4c(c3)oc3c5ccccc5cnc43)nccc2c1. The molecule has 0 aliphatic carbocycles. The van der Waals surface area contributed by atoms with E-state index >= 15 is 0 Å². The van der Waals surface area contributed by atoms with Crippen LogP contribution in [0.5, 0.6) is 0 Å². The van der Waals surface area contributed by atoms with Gasteiger partial charge in [0.25, 0.3) is 0 Å². The van der Waals surface area contributed by atoms with Gasteiger partial charge in [-0.2, -0.15) is 0 Å². The Balaban J connectivity index is 1.57. The van der Waals surface area contributed by atoms with E-state index in [1.807, 2.05) is 44.4 Å². The third-order valence-corrected chi connectivity index (χ3v) is 5.98. The summed E-state index contributed by atoms with van der Waals surface area (Å²) in [5, 5.41) is 4.99. The molecule has 3 heterocycles. The number of fused-ring (bicyclic) bond motifs is 6. The molecule has 3 aromatic carbocycles. The van der Waals surface area contributed by atoms with E-state index in [-0.39, 0.29) is 5.31 Å². The average Bonchev–Trinajstić information content (AvgIpc) is 3.16. The van der Waals surface area contributed by atoms with Crippen LogP contribution in [0.1, 0.15) is 19.4 Å². The molecule has 0 amide bonds. The summed E-state index contributed by atoms with van der Waals surface area (Å²) in [5.41, 5.74) is 5.57. The Hall–Kier alpha value is -3.66. The summed E-state index contributed by atoms with van der Waals surface area (Å²) < 4.78 is 6.30. The van der Waals surface area contributed by atoms with Crippen LogP contribution in [-0.2, 0) is 5.31 Å². The van der Waals surface area contributed by atoms with Crippen molar-refractivity contribution in [2.45, 2.75) is 19.2 Å². The molecular formula is C27H19BN2O. The molecule has 4 heteroatoms. The molecular weight excluding hydrogens is 379 g/mol. The Kier molecular flexibility index (Phi) is 3.76. The third-order valence-electron chi connectivity index (χ3n) is 5.98. The monoisotopic (exact) mass is 398 g/mol. The van der Waals surface area contributed by atoms with E-state index in [2.05, 4.69) is 53.5 Å². The van der Waals surface area contributed by atoms with E-state index in [0.29, 0.717) is 0 Å². The van der Waals surface area contributed by atoms with Crippen molar-refractivity contribution in [2.24, 2.45) is 0 Å². The normalized spacial score (nSPS) is 12.3. The lowest BCUT2D eigenvalue weighted by Gasteiger charge is -2.20. The van der Waals surface area contributed by atoms with E-state index < -0.39 is 0 Å². The van der Waals surface area contributed by atoms with Gasteiger partial charge in [-0.3, -0.25) is 9.97 Å². The van der Waals surface area contributed by atoms with Crippen LogP contribution in [-0.4, -0.2) is 17.8 Å². The van der Waals surface area contributed by atoms with E-state index in [9.17, 15) is 0 Å². The number of furan rings is 1. The minimum atomic E-state index is -0.388. The summed E-state index contributed by atoms with van der Waals surface area (Å²) in [6.07, 6.45) is 3.76. The van der Waals surface area contributed by atoms with E-state index in [1.165, 1.54) is 0 Å². The lowest BCUT2D eigenvalue weighted by Crippen LogP contribution is -2.16. The van der Waals surface area contributed by atoms with Crippen molar-refractivity contribution in [1.29, 1.82) is 0 Å². The Labute approximate surface area is 181 Å². The molecule has 0 bridgehead atoms. The van der Waals surface area contributed by atoms with Gasteiger partial charge in [0, 0.05) is 39.5 Å². The molecule has 0 aliphatic rings. The number of pyridine rings is 2. The van der Waals surface area contributed by atoms with Gasteiger partial charge in [0.1, 0.15) is 11.1 Å². The first-order valence-corrected chi connectivity index (χ1v) is 10.4. The number of benzene rings is 3. The summed E-state index contributed by atoms with van der Waals surface area (Å²) in [7, 11) is 6.30. The lowest BCUT2D eigenvalue weighted by molar-refractivity contribution is 0.672. The fraction of sp³-hybridized carbons (Fsp3) is 0.111. The van der Waals surface area contributed by atoms with Crippen LogP contribution >= 0.6 is 0 Å². The average molecular weight is 398 g/mol. The number of hydrogen-bond acceptors (Lipinski definition) is 3. The molecule has 0 fully saturated rings. The number of nitrogens with zero attached hydrogens (tertiary/aromatic N) is 2. The largest absolute Gasteiger partial charge is 0.454 e. The van der Waals surface area contributed by atoms with E-state index in [4.69, 9.17) is 17.2 Å². The van der Waals surface area contributed by atoms with Gasteiger partial charge in [0.15, 0.2) is 5.58 Å². The van der Waals surface area contributed by atoms with Gasteiger partial charge >= 0.3 is 0 Å². The van der Waals surface area contributed by atoms with Gasteiger partial charge in [-0.05, 0) is 28.9 Å². The van der Waals surface area contributed by atoms with Crippen molar-refractivity contribution >= 4 is 51.5 Å². The molecule has 0 aliphatic heterocycles. The minimum Gasteiger partial charge on any atom is -0.454 e. The maximum atomic E-state index is 6.30.